The summed E-state index contributed by atoms with van der Waals surface area (Å²) in [5, 5.41) is 11.5. The third-order valence-electron chi connectivity index (χ3n) is 16.7. The van der Waals surface area contributed by atoms with E-state index in [1.807, 2.05) is 30.3 Å². The zero-order valence-electron chi connectivity index (χ0n) is 39.4. The van der Waals surface area contributed by atoms with Crippen LogP contribution in [0.15, 0.2) is 138 Å². The summed E-state index contributed by atoms with van der Waals surface area (Å²) in [5.74, 6) is 6.63. The van der Waals surface area contributed by atoms with E-state index in [9.17, 15) is 5.26 Å². The Morgan fingerprint density at radius 1 is 0.463 bits per heavy atom. The predicted octanol–water partition coefficient (Wildman–Crippen LogP) is 16.2. The summed E-state index contributed by atoms with van der Waals surface area (Å²) >= 11 is 0. The maximum atomic E-state index is 9.68. The predicted molar refractivity (Wildman–Crippen MR) is 272 cm³/mol. The molecule has 0 radical (unpaired) electrons. The van der Waals surface area contributed by atoms with Crippen molar-refractivity contribution in [2.45, 2.75) is 103 Å². The van der Waals surface area contributed by atoms with Gasteiger partial charge in [-0.3, -0.25) is 0 Å². The van der Waals surface area contributed by atoms with Crippen LogP contribution < -0.4 is 0 Å². The first-order valence-electron chi connectivity index (χ1n) is 25.1. The molecule has 6 aromatic carbocycles. The standard InChI is InChI=1S/C62H60N4O/c1-38-26-43-27-39(2)32-61(31-38,35-43)51-21-17-47(18-22-51)45-9-13-49(14-10-45)58-64-59(66-60(65-58)54-7-5-6-53-55-30-42(37-63)8-25-56(55)67-57(53)54)50-15-11-46(12-16-50)48-19-23-52(24-20-48)62-33-40(3)28-44(36-62)29-41(4)34-62/h5-25,30,38-41,43-44H,26-29,31-36H2,1-4H3/t38-,39-,40-,41+,43?,44-,61?,62?/m0/s1. The normalized spacial score (nSPS) is 26.9. The molecular formula is C62H60N4O. The molecule has 4 fully saturated rings. The summed E-state index contributed by atoms with van der Waals surface area (Å²) in [6, 6.07) is 50.3. The zero-order chi connectivity index (χ0) is 45.4. The second kappa shape index (κ2) is 16.4. The molecule has 0 saturated heterocycles. The van der Waals surface area contributed by atoms with Gasteiger partial charge in [0, 0.05) is 21.9 Å². The topological polar surface area (TPSA) is 75.6 Å². The van der Waals surface area contributed by atoms with Crippen LogP contribution in [0.25, 0.3) is 78.4 Å². The number of para-hydroxylation sites is 1. The van der Waals surface area contributed by atoms with Crippen molar-refractivity contribution in [2.75, 3.05) is 0 Å². The molecular weight excluding hydrogens is 817 g/mol. The molecule has 4 saturated carbocycles. The summed E-state index contributed by atoms with van der Waals surface area (Å²) in [4.78, 5) is 15.5. The van der Waals surface area contributed by atoms with E-state index in [-0.39, 0.29) is 0 Å². The maximum absolute atomic E-state index is 9.68. The molecule has 4 bridgehead atoms. The van der Waals surface area contributed by atoms with Crippen molar-refractivity contribution in [1.29, 1.82) is 5.26 Å². The van der Waals surface area contributed by atoms with Crippen LogP contribution in [-0.4, -0.2) is 15.0 Å². The molecule has 12 rings (SSSR count). The van der Waals surface area contributed by atoms with Gasteiger partial charge in [-0.2, -0.15) is 5.26 Å². The van der Waals surface area contributed by atoms with Crippen molar-refractivity contribution in [3.8, 4) is 62.5 Å². The minimum Gasteiger partial charge on any atom is -0.455 e. The molecule has 6 atom stereocenters. The highest BCUT2D eigenvalue weighted by atomic mass is 16.3. The average molecular weight is 877 g/mol. The lowest BCUT2D eigenvalue weighted by Crippen LogP contribution is -2.42. The van der Waals surface area contributed by atoms with Crippen LogP contribution in [0, 0.1) is 46.8 Å². The fourth-order valence-electron chi connectivity index (χ4n) is 14.6. The van der Waals surface area contributed by atoms with Crippen molar-refractivity contribution in [1.82, 2.24) is 15.0 Å². The first-order valence-corrected chi connectivity index (χ1v) is 25.1. The van der Waals surface area contributed by atoms with E-state index in [4.69, 9.17) is 19.4 Å². The quantitative estimate of drug-likeness (QED) is 0.159. The summed E-state index contributed by atoms with van der Waals surface area (Å²) in [6.07, 6.45) is 13.5. The lowest BCUT2D eigenvalue weighted by Gasteiger charge is -2.50. The van der Waals surface area contributed by atoms with E-state index in [1.54, 1.807) is 6.07 Å². The van der Waals surface area contributed by atoms with Gasteiger partial charge in [0.25, 0.3) is 0 Å². The fraction of sp³-hybridized carbons (Fsp3) is 0.355. The lowest BCUT2D eigenvalue weighted by atomic mass is 9.54. The van der Waals surface area contributed by atoms with Gasteiger partial charge in [-0.05, 0) is 168 Å². The molecule has 0 spiro atoms. The molecule has 67 heavy (non-hydrogen) atoms. The van der Waals surface area contributed by atoms with Gasteiger partial charge in [0.05, 0.1) is 17.2 Å². The molecule has 0 N–H and O–H groups in total. The van der Waals surface area contributed by atoms with Crippen molar-refractivity contribution in [3.63, 3.8) is 0 Å². The summed E-state index contributed by atoms with van der Waals surface area (Å²) in [5.41, 5.74) is 13.1. The third kappa shape index (κ3) is 7.67. The largest absolute Gasteiger partial charge is 0.455 e. The van der Waals surface area contributed by atoms with E-state index in [1.165, 1.54) is 97.6 Å². The number of benzene rings is 6. The van der Waals surface area contributed by atoms with E-state index in [0.717, 1.165) is 68.6 Å². The number of fused-ring (bicyclic) bond motifs is 7. The Balaban J connectivity index is 0.880. The molecule has 5 heteroatoms. The van der Waals surface area contributed by atoms with E-state index >= 15 is 0 Å². The first-order chi connectivity index (χ1) is 32.6. The fourth-order valence-corrected chi connectivity index (χ4v) is 14.6. The van der Waals surface area contributed by atoms with E-state index in [0.29, 0.717) is 39.4 Å². The van der Waals surface area contributed by atoms with Gasteiger partial charge in [0.1, 0.15) is 11.2 Å². The lowest BCUT2D eigenvalue weighted by molar-refractivity contribution is 0.0779. The highest BCUT2D eigenvalue weighted by molar-refractivity contribution is 6.09. The molecule has 4 aliphatic rings. The van der Waals surface area contributed by atoms with Crippen LogP contribution >= 0.6 is 0 Å². The minimum absolute atomic E-state index is 0.319. The summed E-state index contributed by atoms with van der Waals surface area (Å²) < 4.78 is 6.51. The molecule has 5 nitrogen and oxygen atoms in total. The van der Waals surface area contributed by atoms with Crippen LogP contribution in [0.2, 0.25) is 0 Å². The second-order valence-corrected chi connectivity index (χ2v) is 22.1. The smallest absolute Gasteiger partial charge is 0.167 e. The zero-order valence-corrected chi connectivity index (χ0v) is 39.4. The van der Waals surface area contributed by atoms with Crippen LogP contribution in [0.1, 0.15) is 109 Å². The Labute approximate surface area is 395 Å². The highest BCUT2D eigenvalue weighted by Gasteiger charge is 2.46. The monoisotopic (exact) mass is 876 g/mol. The number of aromatic nitrogens is 3. The Morgan fingerprint density at radius 3 is 1.33 bits per heavy atom. The average Bonchev–Trinajstić information content (AvgIpc) is 3.71. The third-order valence-corrected chi connectivity index (χ3v) is 16.7. The van der Waals surface area contributed by atoms with Gasteiger partial charge in [0.15, 0.2) is 17.5 Å². The molecule has 0 amide bonds. The molecule has 1 unspecified atom stereocenters. The number of hydrogen-bond donors (Lipinski definition) is 0. The van der Waals surface area contributed by atoms with Crippen LogP contribution in [-0.2, 0) is 10.8 Å². The van der Waals surface area contributed by atoms with Crippen LogP contribution in [0.5, 0.6) is 0 Å². The number of nitrogens with zero attached hydrogens (tertiary/aromatic N) is 4. The van der Waals surface area contributed by atoms with Crippen LogP contribution in [0.4, 0.5) is 0 Å². The Kier molecular flexibility index (Phi) is 10.3. The number of rotatable bonds is 7. The molecule has 4 aliphatic carbocycles. The Bertz CT molecular complexity index is 2990. The van der Waals surface area contributed by atoms with Gasteiger partial charge < -0.3 is 4.42 Å². The summed E-state index contributed by atoms with van der Waals surface area (Å²) in [6.45, 7) is 9.86. The van der Waals surface area contributed by atoms with Gasteiger partial charge >= 0.3 is 0 Å². The number of nitriles is 1. The van der Waals surface area contributed by atoms with Gasteiger partial charge in [-0.15, -0.1) is 0 Å². The molecule has 0 aliphatic heterocycles. The number of furan rings is 1. The van der Waals surface area contributed by atoms with Crippen molar-refractivity contribution in [3.05, 3.63) is 150 Å². The first kappa shape index (κ1) is 42.0. The molecule has 2 heterocycles. The van der Waals surface area contributed by atoms with Gasteiger partial charge in [0.2, 0.25) is 0 Å². The number of hydrogen-bond acceptors (Lipinski definition) is 5. The van der Waals surface area contributed by atoms with Crippen molar-refractivity contribution >= 4 is 21.9 Å². The van der Waals surface area contributed by atoms with E-state index < -0.39 is 0 Å². The summed E-state index contributed by atoms with van der Waals surface area (Å²) in [7, 11) is 0. The second-order valence-electron chi connectivity index (χ2n) is 22.1. The van der Waals surface area contributed by atoms with Gasteiger partial charge in [-0.25, -0.2) is 15.0 Å². The van der Waals surface area contributed by atoms with Crippen LogP contribution in [0.3, 0.4) is 0 Å². The molecule has 8 aromatic rings. The van der Waals surface area contributed by atoms with Crippen molar-refractivity contribution < 1.29 is 4.42 Å². The SMILES string of the molecule is C[C@@H]1C[C@@H]2C[C@H](C)CC(c3ccc(-c4ccc(-c5nc(-c6ccc(-c7ccc(C89CC(C[C@H](C)C8)C[C@H](C)C9)cc7)cc6)nc(-c6cccc7c6oc6ccc(C#N)cc67)n5)cc4)cc3)(C1)C2. The Hall–Kier alpha value is -6.38. The maximum Gasteiger partial charge on any atom is 0.167 e. The van der Waals surface area contributed by atoms with Gasteiger partial charge in [-0.1, -0.05) is 137 Å². The molecule has 2 aromatic heterocycles. The van der Waals surface area contributed by atoms with E-state index in [2.05, 4.69) is 131 Å². The Morgan fingerprint density at radius 2 is 0.881 bits per heavy atom. The van der Waals surface area contributed by atoms with Crippen molar-refractivity contribution in [2.24, 2.45) is 35.5 Å². The highest BCUT2D eigenvalue weighted by Crippen LogP contribution is 2.55. The molecule has 334 valence electrons. The minimum atomic E-state index is 0.319.